The summed E-state index contributed by atoms with van der Waals surface area (Å²) in [5.74, 6) is -2.55. The lowest BCUT2D eigenvalue weighted by Gasteiger charge is -2.29. The van der Waals surface area contributed by atoms with Crippen molar-refractivity contribution in [1.82, 2.24) is 21.3 Å². The van der Waals surface area contributed by atoms with Crippen molar-refractivity contribution in [3.63, 3.8) is 0 Å². The highest BCUT2D eigenvalue weighted by molar-refractivity contribution is 6.31. The first-order chi connectivity index (χ1) is 20.2. The maximum Gasteiger partial charge on any atom is 0.242 e. The van der Waals surface area contributed by atoms with E-state index in [0.717, 1.165) is 0 Å². The summed E-state index contributed by atoms with van der Waals surface area (Å²) < 4.78 is 5.27. The first kappa shape index (κ1) is 30.5. The van der Waals surface area contributed by atoms with Crippen molar-refractivity contribution in [2.24, 2.45) is 5.92 Å². The van der Waals surface area contributed by atoms with Crippen molar-refractivity contribution in [2.45, 2.75) is 45.1 Å². The monoisotopic (exact) mass is 580 g/mol. The molecule has 0 saturated heterocycles. The van der Waals surface area contributed by atoms with Gasteiger partial charge in [0.05, 0.1) is 23.8 Å². The molecular formula is C30H36N4O8. The molecule has 3 amide bonds. The number of carbonyl (C=O) groups is 5. The number of rotatable bonds is 13. The van der Waals surface area contributed by atoms with Crippen LogP contribution in [0.5, 0.6) is 17.2 Å². The van der Waals surface area contributed by atoms with Gasteiger partial charge in [-0.3, -0.25) is 24.0 Å². The van der Waals surface area contributed by atoms with E-state index in [-0.39, 0.29) is 64.2 Å². The summed E-state index contributed by atoms with van der Waals surface area (Å²) in [6, 6.07) is 4.04. The molecule has 2 aliphatic rings. The fourth-order valence-electron chi connectivity index (χ4n) is 5.48. The fourth-order valence-corrected chi connectivity index (χ4v) is 5.48. The number of fused-ring (bicyclic) bond motifs is 3. The number of hydrogen-bond donors (Lipinski definition) is 6. The summed E-state index contributed by atoms with van der Waals surface area (Å²) in [5.41, 5.74) is 0.373. The minimum Gasteiger partial charge on any atom is -0.507 e. The SMILES string of the molecule is COc1cccc2c1C(=O)c1c(O)c3c(c(O)c1C2=O)CC(C(=O)NCCCNCCCNC(=O)C(C)NC=O)CC3. The molecule has 0 spiro atoms. The molecular weight excluding hydrogens is 544 g/mol. The third kappa shape index (κ3) is 6.08. The first-order valence-corrected chi connectivity index (χ1v) is 14.0. The number of amides is 3. The zero-order chi connectivity index (χ0) is 30.4. The molecule has 4 rings (SSSR count). The average molecular weight is 581 g/mol. The predicted molar refractivity (Wildman–Crippen MR) is 152 cm³/mol. The van der Waals surface area contributed by atoms with Gasteiger partial charge < -0.3 is 36.2 Å². The van der Waals surface area contributed by atoms with Crippen LogP contribution in [0.1, 0.15) is 69.2 Å². The molecule has 12 nitrogen and oxygen atoms in total. The Morgan fingerprint density at radius 1 is 0.976 bits per heavy atom. The maximum absolute atomic E-state index is 13.4. The smallest absolute Gasteiger partial charge is 0.242 e. The highest BCUT2D eigenvalue weighted by atomic mass is 16.5. The Morgan fingerprint density at radius 2 is 1.64 bits per heavy atom. The molecule has 0 aromatic heterocycles. The quantitative estimate of drug-likeness (QED) is 0.0964. The number of hydrogen-bond acceptors (Lipinski definition) is 9. The molecule has 0 saturated carbocycles. The Morgan fingerprint density at radius 3 is 2.33 bits per heavy atom. The highest BCUT2D eigenvalue weighted by Gasteiger charge is 2.41. The Hall–Kier alpha value is -4.45. The largest absolute Gasteiger partial charge is 0.507 e. The van der Waals surface area contributed by atoms with Crippen LogP contribution in [0.25, 0.3) is 0 Å². The van der Waals surface area contributed by atoms with Gasteiger partial charge in [0.15, 0.2) is 5.78 Å². The summed E-state index contributed by atoms with van der Waals surface area (Å²) >= 11 is 0. The number of phenolic OH excluding ortho intramolecular Hbond substituents is 2. The highest BCUT2D eigenvalue weighted by Crippen LogP contribution is 2.47. The lowest BCUT2D eigenvalue weighted by Crippen LogP contribution is -2.42. The molecule has 2 atom stereocenters. The van der Waals surface area contributed by atoms with E-state index >= 15 is 0 Å². The Bertz CT molecular complexity index is 1410. The second-order valence-electron chi connectivity index (χ2n) is 10.4. The summed E-state index contributed by atoms with van der Waals surface area (Å²) in [7, 11) is 1.39. The molecule has 0 heterocycles. The summed E-state index contributed by atoms with van der Waals surface area (Å²) in [5, 5.41) is 33.5. The number of phenols is 2. The molecule has 2 aromatic carbocycles. The van der Waals surface area contributed by atoms with E-state index in [2.05, 4.69) is 21.3 Å². The normalized spacial score (nSPS) is 16.0. The van der Waals surface area contributed by atoms with Crippen LogP contribution in [0.15, 0.2) is 18.2 Å². The Balaban J connectivity index is 1.30. The number of ketones is 2. The van der Waals surface area contributed by atoms with Crippen molar-refractivity contribution in [2.75, 3.05) is 33.3 Å². The minimum absolute atomic E-state index is 0.0553. The van der Waals surface area contributed by atoms with Gasteiger partial charge in [0, 0.05) is 35.7 Å². The van der Waals surface area contributed by atoms with Gasteiger partial charge in [-0.15, -0.1) is 0 Å². The van der Waals surface area contributed by atoms with Crippen molar-refractivity contribution < 1.29 is 38.9 Å². The van der Waals surface area contributed by atoms with Crippen LogP contribution >= 0.6 is 0 Å². The van der Waals surface area contributed by atoms with Gasteiger partial charge in [-0.1, -0.05) is 12.1 Å². The molecule has 2 unspecified atom stereocenters. The first-order valence-electron chi connectivity index (χ1n) is 14.0. The summed E-state index contributed by atoms with van der Waals surface area (Å²) in [4.78, 5) is 61.7. The van der Waals surface area contributed by atoms with Crippen LogP contribution in [-0.4, -0.2) is 79.3 Å². The number of ether oxygens (including phenoxy) is 1. The van der Waals surface area contributed by atoms with Gasteiger partial charge in [-0.2, -0.15) is 0 Å². The van der Waals surface area contributed by atoms with E-state index in [1.54, 1.807) is 19.1 Å². The van der Waals surface area contributed by atoms with E-state index in [1.165, 1.54) is 13.2 Å². The second kappa shape index (κ2) is 13.5. The molecule has 2 aliphatic carbocycles. The van der Waals surface area contributed by atoms with Gasteiger partial charge in [0.25, 0.3) is 0 Å². The van der Waals surface area contributed by atoms with Crippen LogP contribution in [0, 0.1) is 5.92 Å². The second-order valence-corrected chi connectivity index (χ2v) is 10.4. The van der Waals surface area contributed by atoms with E-state index in [9.17, 15) is 34.2 Å². The van der Waals surface area contributed by atoms with Gasteiger partial charge in [-0.25, -0.2) is 0 Å². The zero-order valence-electron chi connectivity index (χ0n) is 23.7. The molecule has 0 fully saturated rings. The molecule has 0 radical (unpaired) electrons. The van der Waals surface area contributed by atoms with Crippen LogP contribution in [-0.2, 0) is 27.2 Å². The fraction of sp³-hybridized carbons (Fsp3) is 0.433. The molecule has 6 N–H and O–H groups in total. The summed E-state index contributed by atoms with van der Waals surface area (Å²) in [6.45, 7) is 3.85. The maximum atomic E-state index is 13.4. The third-order valence-electron chi connectivity index (χ3n) is 7.77. The van der Waals surface area contributed by atoms with Crippen LogP contribution < -0.4 is 26.0 Å². The zero-order valence-corrected chi connectivity index (χ0v) is 23.7. The molecule has 12 heteroatoms. The van der Waals surface area contributed by atoms with Gasteiger partial charge in [0.2, 0.25) is 24.0 Å². The van der Waals surface area contributed by atoms with Crippen LogP contribution in [0.3, 0.4) is 0 Å². The predicted octanol–water partition coefficient (Wildman–Crippen LogP) is 0.723. The van der Waals surface area contributed by atoms with Gasteiger partial charge >= 0.3 is 0 Å². The van der Waals surface area contributed by atoms with Crippen molar-refractivity contribution in [3.8, 4) is 17.2 Å². The van der Waals surface area contributed by atoms with Crippen molar-refractivity contribution in [3.05, 3.63) is 51.6 Å². The topological polar surface area (TPSA) is 183 Å². The number of carbonyl (C=O) groups excluding carboxylic acids is 5. The van der Waals surface area contributed by atoms with Gasteiger partial charge in [0.1, 0.15) is 23.3 Å². The number of methoxy groups -OCH3 is 1. The van der Waals surface area contributed by atoms with Crippen molar-refractivity contribution in [1.29, 1.82) is 0 Å². The lowest BCUT2D eigenvalue weighted by molar-refractivity contribution is -0.125. The van der Waals surface area contributed by atoms with Crippen LogP contribution in [0.2, 0.25) is 0 Å². The van der Waals surface area contributed by atoms with E-state index in [4.69, 9.17) is 4.74 Å². The summed E-state index contributed by atoms with van der Waals surface area (Å²) in [6.07, 6.45) is 2.69. The molecule has 2 aromatic rings. The van der Waals surface area contributed by atoms with E-state index < -0.39 is 23.5 Å². The number of nitrogens with one attached hydrogen (secondary N) is 4. The van der Waals surface area contributed by atoms with Gasteiger partial charge in [-0.05, 0) is 58.2 Å². The van der Waals surface area contributed by atoms with Crippen LogP contribution in [0.4, 0.5) is 0 Å². The van der Waals surface area contributed by atoms with E-state index in [0.29, 0.717) is 63.0 Å². The van der Waals surface area contributed by atoms with E-state index in [1.807, 2.05) is 0 Å². The number of benzene rings is 2. The molecule has 0 aliphatic heterocycles. The average Bonchev–Trinajstić information content (AvgIpc) is 2.99. The molecule has 42 heavy (non-hydrogen) atoms. The third-order valence-corrected chi connectivity index (χ3v) is 7.77. The molecule has 224 valence electrons. The minimum atomic E-state index is -0.590. The molecule has 0 bridgehead atoms. The van der Waals surface area contributed by atoms with Crippen molar-refractivity contribution >= 4 is 29.8 Å². The Labute approximate surface area is 243 Å². The lowest BCUT2D eigenvalue weighted by atomic mass is 9.75. The number of aromatic hydroxyl groups is 2. The standard InChI is InChI=1S/C30H36N4O8/c1-16(34-15-35)29(40)32-12-4-10-31-11-5-13-33-30(41)17-8-9-18-20(14-17)27(38)23-24(25(18)36)28(39)22-19(26(23)37)6-3-7-21(22)42-2/h3,6-7,15-17,31,36,38H,4-5,8-14H2,1-2H3,(H,32,40)(H,33,41)(H,34,35). The Kier molecular flexibility index (Phi) is 9.79.